The molecule has 0 saturated carbocycles. The first-order valence-corrected chi connectivity index (χ1v) is 7.78. The van der Waals surface area contributed by atoms with Gasteiger partial charge in [-0.05, 0) is 67.1 Å². The highest BCUT2D eigenvalue weighted by Gasteiger charge is 2.15. The maximum Gasteiger partial charge on any atom is 0.0273 e. The van der Waals surface area contributed by atoms with Crippen molar-refractivity contribution in [3.63, 3.8) is 0 Å². The van der Waals surface area contributed by atoms with E-state index in [0.29, 0.717) is 0 Å². The van der Waals surface area contributed by atoms with Crippen LogP contribution in [0.5, 0.6) is 0 Å². The van der Waals surface area contributed by atoms with Gasteiger partial charge in [-0.3, -0.25) is 4.98 Å². The van der Waals surface area contributed by atoms with Crippen molar-refractivity contribution < 1.29 is 0 Å². The highest BCUT2D eigenvalue weighted by Crippen LogP contribution is 2.29. The van der Waals surface area contributed by atoms with Crippen molar-refractivity contribution in [1.82, 2.24) is 10.3 Å². The Kier molecular flexibility index (Phi) is 4.80. The second-order valence-corrected chi connectivity index (χ2v) is 5.71. The van der Waals surface area contributed by atoms with Crippen molar-refractivity contribution in [2.45, 2.75) is 19.3 Å². The molecule has 0 unspecified atom stereocenters. The normalized spacial score (nSPS) is 16.9. The standard InChI is InChI=1S/C19H22N2/c1-2-4-18(5-3-1)19(14-16-6-10-20-11-7-16)15-17-8-12-21-13-9-17/h1-7,10-11,14,17,21H,8-9,12-13,15H2/b19-14+. The molecule has 2 nitrogen and oxygen atoms in total. The average molecular weight is 278 g/mol. The number of nitrogens with one attached hydrogen (secondary N) is 1. The van der Waals surface area contributed by atoms with E-state index in [-0.39, 0.29) is 0 Å². The molecule has 0 atom stereocenters. The zero-order valence-corrected chi connectivity index (χ0v) is 12.3. The third-order valence-corrected chi connectivity index (χ3v) is 4.16. The molecular formula is C19H22N2. The first-order chi connectivity index (χ1) is 10.4. The van der Waals surface area contributed by atoms with E-state index < -0.39 is 0 Å². The zero-order chi connectivity index (χ0) is 14.3. The number of hydrogen-bond acceptors (Lipinski definition) is 2. The molecule has 1 aromatic carbocycles. The number of rotatable bonds is 4. The molecule has 2 heteroatoms. The third-order valence-electron chi connectivity index (χ3n) is 4.16. The van der Waals surface area contributed by atoms with Crippen LogP contribution in [0.2, 0.25) is 0 Å². The van der Waals surface area contributed by atoms with Gasteiger partial charge in [-0.2, -0.15) is 0 Å². The summed E-state index contributed by atoms with van der Waals surface area (Å²) in [5, 5.41) is 3.45. The summed E-state index contributed by atoms with van der Waals surface area (Å²) in [4.78, 5) is 4.10. The molecule has 0 amide bonds. The van der Waals surface area contributed by atoms with Crippen molar-refractivity contribution >= 4 is 11.6 Å². The minimum atomic E-state index is 0.791. The van der Waals surface area contributed by atoms with Crippen molar-refractivity contribution in [2.75, 3.05) is 13.1 Å². The summed E-state index contributed by atoms with van der Waals surface area (Å²) in [5.74, 6) is 0.791. The average Bonchev–Trinajstić information content (AvgIpc) is 2.57. The molecule has 108 valence electrons. The van der Waals surface area contributed by atoms with Crippen LogP contribution in [0.1, 0.15) is 30.4 Å². The second-order valence-electron chi connectivity index (χ2n) is 5.71. The van der Waals surface area contributed by atoms with Gasteiger partial charge in [0.1, 0.15) is 0 Å². The van der Waals surface area contributed by atoms with Crippen LogP contribution >= 0.6 is 0 Å². The Labute approximate surface area is 126 Å². The summed E-state index contributed by atoms with van der Waals surface area (Å²) < 4.78 is 0. The summed E-state index contributed by atoms with van der Waals surface area (Å²) >= 11 is 0. The molecule has 0 bridgehead atoms. The zero-order valence-electron chi connectivity index (χ0n) is 12.3. The first kappa shape index (κ1) is 14.0. The van der Waals surface area contributed by atoms with Crippen molar-refractivity contribution in [3.05, 3.63) is 66.0 Å². The SMILES string of the molecule is C(=C(/CC1CCNCC1)c1ccccc1)/c1ccncc1. The molecule has 2 aromatic rings. The summed E-state index contributed by atoms with van der Waals surface area (Å²) in [6, 6.07) is 14.9. The van der Waals surface area contributed by atoms with E-state index in [1.54, 1.807) is 0 Å². The van der Waals surface area contributed by atoms with Gasteiger partial charge in [-0.25, -0.2) is 0 Å². The van der Waals surface area contributed by atoms with E-state index in [2.05, 4.69) is 58.8 Å². The van der Waals surface area contributed by atoms with Crippen LogP contribution in [0.4, 0.5) is 0 Å². The maximum absolute atomic E-state index is 4.10. The van der Waals surface area contributed by atoms with Gasteiger partial charge < -0.3 is 5.32 Å². The first-order valence-electron chi connectivity index (χ1n) is 7.78. The highest BCUT2D eigenvalue weighted by molar-refractivity contribution is 5.81. The van der Waals surface area contributed by atoms with Crippen molar-refractivity contribution in [1.29, 1.82) is 0 Å². The molecule has 1 saturated heterocycles. The molecule has 21 heavy (non-hydrogen) atoms. The van der Waals surface area contributed by atoms with Gasteiger partial charge in [-0.1, -0.05) is 36.4 Å². The van der Waals surface area contributed by atoms with E-state index in [0.717, 1.165) is 25.4 Å². The van der Waals surface area contributed by atoms with E-state index in [1.807, 2.05) is 12.4 Å². The number of piperidine rings is 1. The van der Waals surface area contributed by atoms with Crippen LogP contribution in [0.15, 0.2) is 54.9 Å². The van der Waals surface area contributed by atoms with E-state index in [1.165, 1.54) is 29.5 Å². The number of nitrogens with zero attached hydrogens (tertiary/aromatic N) is 1. The lowest BCUT2D eigenvalue weighted by Gasteiger charge is -2.24. The van der Waals surface area contributed by atoms with Crippen LogP contribution in [0.25, 0.3) is 11.6 Å². The van der Waals surface area contributed by atoms with Gasteiger partial charge in [0.05, 0.1) is 0 Å². The minimum absolute atomic E-state index is 0.791. The molecule has 3 rings (SSSR count). The fourth-order valence-corrected chi connectivity index (χ4v) is 2.97. The summed E-state index contributed by atoms with van der Waals surface area (Å²) in [6.45, 7) is 2.31. The van der Waals surface area contributed by atoms with Crippen molar-refractivity contribution in [2.24, 2.45) is 5.92 Å². The summed E-state index contributed by atoms with van der Waals surface area (Å²) in [5.41, 5.74) is 4.01. The van der Waals surface area contributed by atoms with Gasteiger partial charge in [0.25, 0.3) is 0 Å². The maximum atomic E-state index is 4.10. The van der Waals surface area contributed by atoms with E-state index >= 15 is 0 Å². The second kappa shape index (κ2) is 7.19. The van der Waals surface area contributed by atoms with Gasteiger partial charge in [0.15, 0.2) is 0 Å². The summed E-state index contributed by atoms with van der Waals surface area (Å²) in [6.07, 6.45) is 9.76. The smallest absolute Gasteiger partial charge is 0.0273 e. The van der Waals surface area contributed by atoms with Crippen LogP contribution in [-0.4, -0.2) is 18.1 Å². The number of hydrogen-bond donors (Lipinski definition) is 1. The molecule has 2 heterocycles. The van der Waals surface area contributed by atoms with Crippen LogP contribution in [-0.2, 0) is 0 Å². The van der Waals surface area contributed by atoms with E-state index in [4.69, 9.17) is 0 Å². The predicted octanol–water partition coefficient (Wildman–Crippen LogP) is 4.01. The molecule has 1 fully saturated rings. The number of benzene rings is 1. The fourth-order valence-electron chi connectivity index (χ4n) is 2.97. The number of pyridine rings is 1. The highest BCUT2D eigenvalue weighted by atomic mass is 14.9. The molecule has 1 aliphatic heterocycles. The Bertz CT molecular complexity index is 569. The monoisotopic (exact) mass is 278 g/mol. The summed E-state index contributed by atoms with van der Waals surface area (Å²) in [7, 11) is 0. The lowest BCUT2D eigenvalue weighted by atomic mass is 9.87. The van der Waals surface area contributed by atoms with Gasteiger partial charge in [0.2, 0.25) is 0 Å². The Morgan fingerprint density at radius 3 is 2.48 bits per heavy atom. The lowest BCUT2D eigenvalue weighted by molar-refractivity contribution is 0.381. The van der Waals surface area contributed by atoms with Gasteiger partial charge in [0, 0.05) is 12.4 Å². The Morgan fingerprint density at radius 2 is 1.76 bits per heavy atom. The molecule has 0 radical (unpaired) electrons. The minimum Gasteiger partial charge on any atom is -0.317 e. The fraction of sp³-hybridized carbons (Fsp3) is 0.316. The Hall–Kier alpha value is -1.93. The number of aromatic nitrogens is 1. The Balaban J connectivity index is 1.85. The van der Waals surface area contributed by atoms with Gasteiger partial charge >= 0.3 is 0 Å². The van der Waals surface area contributed by atoms with Crippen LogP contribution < -0.4 is 5.32 Å². The molecular weight excluding hydrogens is 256 g/mol. The number of allylic oxidation sites excluding steroid dienone is 1. The largest absolute Gasteiger partial charge is 0.317 e. The topological polar surface area (TPSA) is 24.9 Å². The van der Waals surface area contributed by atoms with E-state index in [9.17, 15) is 0 Å². The Morgan fingerprint density at radius 1 is 1.05 bits per heavy atom. The molecule has 1 N–H and O–H groups in total. The molecule has 0 spiro atoms. The molecule has 1 aliphatic rings. The van der Waals surface area contributed by atoms with Crippen LogP contribution in [0.3, 0.4) is 0 Å². The van der Waals surface area contributed by atoms with Crippen LogP contribution in [0, 0.1) is 5.92 Å². The molecule has 0 aliphatic carbocycles. The third kappa shape index (κ3) is 4.02. The lowest BCUT2D eigenvalue weighted by Crippen LogP contribution is -2.27. The molecule has 1 aromatic heterocycles. The predicted molar refractivity (Wildman–Crippen MR) is 88.8 cm³/mol. The van der Waals surface area contributed by atoms with Crippen molar-refractivity contribution in [3.8, 4) is 0 Å². The van der Waals surface area contributed by atoms with Gasteiger partial charge in [-0.15, -0.1) is 0 Å². The quantitative estimate of drug-likeness (QED) is 0.914.